The summed E-state index contributed by atoms with van der Waals surface area (Å²) in [6.45, 7) is 2.76. The van der Waals surface area contributed by atoms with Gasteiger partial charge in [0.05, 0.1) is 13.5 Å². The first-order valence-corrected chi connectivity index (χ1v) is 10.0. The number of hydrogen-bond donors (Lipinski definition) is 1. The highest BCUT2D eigenvalue weighted by molar-refractivity contribution is 7.80. The Morgan fingerprint density at radius 2 is 1.83 bits per heavy atom. The number of likely N-dealkylation sites (N-methyl/N-ethyl adjacent to an activating group) is 1. The Kier molecular flexibility index (Phi) is 6.71. The highest BCUT2D eigenvalue weighted by Gasteiger charge is 2.42. The number of carbonyl (C=O) groups is 2. The molecule has 0 aliphatic carbocycles. The van der Waals surface area contributed by atoms with E-state index in [1.807, 2.05) is 19.1 Å². The van der Waals surface area contributed by atoms with Crippen LogP contribution in [0, 0.1) is 0 Å². The minimum Gasteiger partial charge on any atom is -0.497 e. The number of nitrogens with one attached hydrogen (secondary N) is 1. The van der Waals surface area contributed by atoms with Crippen molar-refractivity contribution in [1.82, 2.24) is 9.80 Å². The number of carbonyl (C=O) groups excluding carboxylic acids is 2. The molecule has 0 spiro atoms. The van der Waals surface area contributed by atoms with Gasteiger partial charge in [-0.25, -0.2) is 0 Å². The van der Waals surface area contributed by atoms with Crippen molar-refractivity contribution in [3.05, 3.63) is 59.1 Å². The van der Waals surface area contributed by atoms with Crippen LogP contribution in [0.1, 0.15) is 18.9 Å². The number of ether oxygens (including phenoxy) is 1. The Bertz CT molecular complexity index is 902. The molecule has 1 atom stereocenters. The number of halogens is 1. The third-order valence-corrected chi connectivity index (χ3v) is 5.45. The normalized spacial score (nSPS) is 16.3. The third-order valence-electron chi connectivity index (χ3n) is 4.74. The van der Waals surface area contributed by atoms with E-state index in [0.717, 1.165) is 5.56 Å². The van der Waals surface area contributed by atoms with Crippen LogP contribution in [-0.2, 0) is 16.1 Å². The monoisotopic (exact) mass is 431 g/mol. The van der Waals surface area contributed by atoms with Crippen molar-refractivity contribution >= 4 is 46.4 Å². The van der Waals surface area contributed by atoms with E-state index in [1.54, 1.807) is 48.4 Å². The molecule has 0 unspecified atom stereocenters. The van der Waals surface area contributed by atoms with Gasteiger partial charge < -0.3 is 15.0 Å². The quantitative estimate of drug-likeness (QED) is 0.677. The van der Waals surface area contributed by atoms with Gasteiger partial charge in [-0.2, -0.15) is 0 Å². The average Bonchev–Trinajstić information content (AvgIpc) is 2.93. The van der Waals surface area contributed by atoms with Crippen LogP contribution >= 0.6 is 23.8 Å². The van der Waals surface area contributed by atoms with E-state index >= 15 is 0 Å². The first-order chi connectivity index (χ1) is 13.9. The fourth-order valence-corrected chi connectivity index (χ4v) is 3.75. The minimum atomic E-state index is -0.642. The molecule has 1 heterocycles. The summed E-state index contributed by atoms with van der Waals surface area (Å²) in [7, 11) is 1.58. The van der Waals surface area contributed by atoms with Crippen molar-refractivity contribution in [3.8, 4) is 5.75 Å². The SMILES string of the molecule is CCN1C(=O)[C@@H](CC(=O)Nc2ccc(OC)cc2)N(Cc2ccc(Cl)cc2)C1=S. The molecular formula is C21H22ClN3O3S. The smallest absolute Gasteiger partial charge is 0.252 e. The molecule has 1 N–H and O–H groups in total. The predicted molar refractivity (Wildman–Crippen MR) is 117 cm³/mol. The lowest BCUT2D eigenvalue weighted by Gasteiger charge is -2.24. The molecule has 1 aliphatic rings. The molecule has 2 aromatic rings. The number of benzene rings is 2. The van der Waals surface area contributed by atoms with Gasteiger partial charge in [-0.1, -0.05) is 23.7 Å². The molecule has 8 heteroatoms. The van der Waals surface area contributed by atoms with Gasteiger partial charge in [0.15, 0.2) is 5.11 Å². The molecule has 1 fully saturated rings. The fraction of sp³-hybridized carbons (Fsp3) is 0.286. The molecule has 0 saturated carbocycles. The van der Waals surface area contributed by atoms with Gasteiger partial charge in [0.1, 0.15) is 11.8 Å². The van der Waals surface area contributed by atoms with Crippen LogP contribution in [0.15, 0.2) is 48.5 Å². The van der Waals surface area contributed by atoms with E-state index in [0.29, 0.717) is 34.7 Å². The largest absolute Gasteiger partial charge is 0.497 e. The maximum Gasteiger partial charge on any atom is 0.252 e. The number of hydrogen-bond acceptors (Lipinski definition) is 4. The summed E-state index contributed by atoms with van der Waals surface area (Å²) in [6.07, 6.45) is 0.00902. The zero-order valence-corrected chi connectivity index (χ0v) is 17.8. The Labute approximate surface area is 180 Å². The fourth-order valence-electron chi connectivity index (χ4n) is 3.21. The lowest BCUT2D eigenvalue weighted by atomic mass is 10.1. The van der Waals surface area contributed by atoms with Gasteiger partial charge >= 0.3 is 0 Å². The Morgan fingerprint density at radius 1 is 1.17 bits per heavy atom. The summed E-state index contributed by atoms with van der Waals surface area (Å²) in [5.41, 5.74) is 1.60. The van der Waals surface area contributed by atoms with E-state index < -0.39 is 6.04 Å². The number of thiocarbonyl (C=S) groups is 1. The van der Waals surface area contributed by atoms with Crippen molar-refractivity contribution < 1.29 is 14.3 Å². The van der Waals surface area contributed by atoms with Gasteiger partial charge in [-0.3, -0.25) is 14.5 Å². The minimum absolute atomic E-state index is 0.00902. The van der Waals surface area contributed by atoms with E-state index in [-0.39, 0.29) is 18.2 Å². The van der Waals surface area contributed by atoms with Crippen molar-refractivity contribution in [2.24, 2.45) is 0 Å². The van der Waals surface area contributed by atoms with Crippen LogP contribution in [0.25, 0.3) is 0 Å². The van der Waals surface area contributed by atoms with Gasteiger partial charge in [0.25, 0.3) is 5.91 Å². The van der Waals surface area contributed by atoms with Crippen molar-refractivity contribution in [2.75, 3.05) is 19.0 Å². The first-order valence-electron chi connectivity index (χ1n) is 9.23. The Morgan fingerprint density at radius 3 is 2.41 bits per heavy atom. The van der Waals surface area contributed by atoms with Crippen LogP contribution < -0.4 is 10.1 Å². The topological polar surface area (TPSA) is 61.9 Å². The summed E-state index contributed by atoms with van der Waals surface area (Å²) in [5.74, 6) is 0.291. The number of anilines is 1. The molecule has 29 heavy (non-hydrogen) atoms. The van der Waals surface area contributed by atoms with Crippen molar-refractivity contribution in [1.29, 1.82) is 0 Å². The van der Waals surface area contributed by atoms with E-state index in [9.17, 15) is 9.59 Å². The zero-order valence-electron chi connectivity index (χ0n) is 16.2. The lowest BCUT2D eigenvalue weighted by Crippen LogP contribution is -2.37. The van der Waals surface area contributed by atoms with Gasteiger partial charge in [0.2, 0.25) is 5.91 Å². The number of amides is 2. The summed E-state index contributed by atoms with van der Waals surface area (Å²) in [6, 6.07) is 13.7. The van der Waals surface area contributed by atoms with E-state index in [1.165, 1.54) is 4.90 Å². The maximum atomic E-state index is 12.9. The van der Waals surface area contributed by atoms with Gasteiger partial charge in [-0.05, 0) is 61.1 Å². The Hall–Kier alpha value is -2.64. The van der Waals surface area contributed by atoms with Crippen molar-refractivity contribution in [2.45, 2.75) is 25.9 Å². The predicted octanol–water partition coefficient (Wildman–Crippen LogP) is 3.70. The molecule has 0 radical (unpaired) electrons. The molecule has 1 saturated heterocycles. The number of rotatable bonds is 7. The molecule has 3 rings (SSSR count). The van der Waals surface area contributed by atoms with Crippen LogP contribution in [0.2, 0.25) is 5.02 Å². The molecule has 152 valence electrons. The van der Waals surface area contributed by atoms with Crippen LogP contribution in [0.5, 0.6) is 5.75 Å². The molecule has 2 amide bonds. The molecule has 2 aromatic carbocycles. The van der Waals surface area contributed by atoms with Gasteiger partial charge in [-0.15, -0.1) is 0 Å². The third kappa shape index (κ3) is 4.86. The van der Waals surface area contributed by atoms with Crippen LogP contribution in [0.4, 0.5) is 5.69 Å². The highest BCUT2D eigenvalue weighted by Crippen LogP contribution is 2.24. The second kappa shape index (κ2) is 9.24. The number of methoxy groups -OCH3 is 1. The van der Waals surface area contributed by atoms with Crippen LogP contribution in [-0.4, -0.2) is 46.4 Å². The summed E-state index contributed by atoms with van der Waals surface area (Å²) in [5, 5.41) is 3.91. The average molecular weight is 432 g/mol. The van der Waals surface area contributed by atoms with Crippen LogP contribution in [0.3, 0.4) is 0 Å². The Balaban J connectivity index is 1.73. The highest BCUT2D eigenvalue weighted by atomic mass is 35.5. The van der Waals surface area contributed by atoms with Gasteiger partial charge in [0, 0.05) is 23.8 Å². The lowest BCUT2D eigenvalue weighted by molar-refractivity contribution is -0.130. The van der Waals surface area contributed by atoms with E-state index in [4.69, 9.17) is 28.6 Å². The second-order valence-electron chi connectivity index (χ2n) is 6.62. The number of nitrogens with zero attached hydrogens (tertiary/aromatic N) is 2. The molecule has 6 nitrogen and oxygen atoms in total. The standard InChI is InChI=1S/C21H22ClN3O3S/c1-3-24-20(27)18(12-19(26)23-16-8-10-17(28-2)11-9-16)25(21(24)29)13-14-4-6-15(22)7-5-14/h4-11,18H,3,12-13H2,1-2H3,(H,23,26)/t18-/m1/s1. The zero-order chi connectivity index (χ0) is 21.0. The first kappa shape index (κ1) is 21.1. The summed E-state index contributed by atoms with van der Waals surface area (Å²) < 4.78 is 5.12. The molecule has 0 aromatic heterocycles. The van der Waals surface area contributed by atoms with E-state index in [2.05, 4.69) is 5.32 Å². The summed E-state index contributed by atoms with van der Waals surface area (Å²) in [4.78, 5) is 28.8. The molecule has 1 aliphatic heterocycles. The second-order valence-corrected chi connectivity index (χ2v) is 7.42. The summed E-state index contributed by atoms with van der Waals surface area (Å²) >= 11 is 11.5. The maximum absolute atomic E-state index is 12.9. The molecular weight excluding hydrogens is 410 g/mol. The molecule has 0 bridgehead atoms. The van der Waals surface area contributed by atoms with Crippen molar-refractivity contribution in [3.63, 3.8) is 0 Å².